The average molecular weight is 283 g/mol. The number of rotatable bonds is 2. The zero-order chi connectivity index (χ0) is 14.1. The van der Waals surface area contributed by atoms with Crippen LogP contribution in [0.2, 0.25) is 0 Å². The third-order valence-electron chi connectivity index (χ3n) is 6.54. The number of benzene rings is 1. The van der Waals surface area contributed by atoms with Crippen molar-refractivity contribution in [3.63, 3.8) is 0 Å². The van der Waals surface area contributed by atoms with E-state index in [-0.39, 0.29) is 17.9 Å². The molecule has 3 saturated carbocycles. The highest BCUT2D eigenvalue weighted by Crippen LogP contribution is 2.69. The van der Waals surface area contributed by atoms with Crippen molar-refractivity contribution in [3.8, 4) is 0 Å². The normalized spacial score (nSPS) is 45.3. The highest BCUT2D eigenvalue weighted by atomic mass is 16.3. The molecule has 0 radical (unpaired) electrons. The molecule has 1 aromatic rings. The second-order valence-electron chi connectivity index (χ2n) is 7.47. The van der Waals surface area contributed by atoms with Gasteiger partial charge in [-0.3, -0.25) is 4.79 Å². The number of aliphatic hydroxyl groups excluding tert-OH is 1. The molecule has 3 heteroatoms. The quantitative estimate of drug-likeness (QED) is 0.873. The van der Waals surface area contributed by atoms with Crippen molar-refractivity contribution in [1.82, 2.24) is 5.32 Å². The van der Waals surface area contributed by atoms with E-state index in [1.807, 2.05) is 18.2 Å². The van der Waals surface area contributed by atoms with E-state index < -0.39 is 6.10 Å². The summed E-state index contributed by atoms with van der Waals surface area (Å²) in [5.41, 5.74) is 2.28. The predicted molar refractivity (Wildman–Crippen MR) is 78.3 cm³/mol. The summed E-state index contributed by atoms with van der Waals surface area (Å²) in [6.45, 7) is 0. The number of fused-ring (bicyclic) bond motifs is 6. The lowest BCUT2D eigenvalue weighted by atomic mass is 10.0. The summed E-state index contributed by atoms with van der Waals surface area (Å²) < 4.78 is 0. The number of nitrogens with one attached hydrogen (secondary N) is 1. The molecule has 0 heterocycles. The first-order valence-corrected chi connectivity index (χ1v) is 8.30. The van der Waals surface area contributed by atoms with Crippen molar-refractivity contribution in [2.45, 2.75) is 37.8 Å². The van der Waals surface area contributed by atoms with Gasteiger partial charge in [0.05, 0.1) is 12.1 Å². The molecule has 21 heavy (non-hydrogen) atoms. The molecule has 0 saturated heterocycles. The molecule has 6 atom stereocenters. The Kier molecular flexibility index (Phi) is 2.38. The van der Waals surface area contributed by atoms with Crippen LogP contribution in [0.15, 0.2) is 24.3 Å². The minimum Gasteiger partial charge on any atom is -0.390 e. The highest BCUT2D eigenvalue weighted by Gasteiger charge is 2.67. The lowest BCUT2D eigenvalue weighted by Gasteiger charge is -2.19. The molecule has 3 nitrogen and oxygen atoms in total. The second kappa shape index (κ2) is 4.10. The third kappa shape index (κ3) is 1.61. The van der Waals surface area contributed by atoms with E-state index in [0.717, 1.165) is 17.4 Å². The fraction of sp³-hybridized carbons (Fsp3) is 0.611. The lowest BCUT2D eigenvalue weighted by molar-refractivity contribution is -0.124. The summed E-state index contributed by atoms with van der Waals surface area (Å²) in [5.74, 6) is 3.40. The Morgan fingerprint density at radius 2 is 1.86 bits per heavy atom. The van der Waals surface area contributed by atoms with Crippen LogP contribution in [-0.4, -0.2) is 17.1 Å². The van der Waals surface area contributed by atoms with Crippen LogP contribution in [0.1, 0.15) is 36.4 Å². The summed E-state index contributed by atoms with van der Waals surface area (Å²) in [7, 11) is 0. The molecule has 1 aromatic carbocycles. The van der Waals surface area contributed by atoms with Gasteiger partial charge in [-0.25, -0.2) is 0 Å². The number of hydrogen-bond acceptors (Lipinski definition) is 2. The smallest absolute Gasteiger partial charge is 0.224 e. The van der Waals surface area contributed by atoms with Crippen molar-refractivity contribution in [2.24, 2.45) is 29.6 Å². The van der Waals surface area contributed by atoms with E-state index in [2.05, 4.69) is 11.4 Å². The molecule has 4 aliphatic rings. The summed E-state index contributed by atoms with van der Waals surface area (Å²) in [4.78, 5) is 12.6. The number of carbonyl (C=O) groups excluding carboxylic acids is 1. The Bertz CT molecular complexity index is 597. The van der Waals surface area contributed by atoms with Crippen molar-refractivity contribution in [2.75, 3.05) is 0 Å². The maximum atomic E-state index is 12.6. The van der Waals surface area contributed by atoms with Gasteiger partial charge in [-0.05, 0) is 54.1 Å². The minimum absolute atomic E-state index is 0.197. The Hall–Kier alpha value is -1.35. The van der Waals surface area contributed by atoms with Crippen LogP contribution in [0.3, 0.4) is 0 Å². The zero-order valence-corrected chi connectivity index (χ0v) is 12.0. The van der Waals surface area contributed by atoms with Crippen molar-refractivity contribution in [1.29, 1.82) is 0 Å². The van der Waals surface area contributed by atoms with Gasteiger partial charge < -0.3 is 10.4 Å². The molecule has 4 aliphatic carbocycles. The number of aliphatic hydroxyl groups is 1. The molecular weight excluding hydrogens is 262 g/mol. The average Bonchev–Trinajstić information content (AvgIpc) is 2.77. The van der Waals surface area contributed by atoms with Crippen LogP contribution in [0, 0.1) is 29.6 Å². The van der Waals surface area contributed by atoms with E-state index in [4.69, 9.17) is 0 Å². The molecule has 2 N–H and O–H groups in total. The summed E-state index contributed by atoms with van der Waals surface area (Å²) in [5, 5.41) is 13.4. The van der Waals surface area contributed by atoms with E-state index in [0.29, 0.717) is 18.3 Å². The first-order valence-electron chi connectivity index (χ1n) is 8.30. The monoisotopic (exact) mass is 283 g/mol. The maximum Gasteiger partial charge on any atom is 0.224 e. The zero-order valence-electron chi connectivity index (χ0n) is 12.0. The van der Waals surface area contributed by atoms with Crippen LogP contribution in [0.4, 0.5) is 0 Å². The number of hydrogen-bond donors (Lipinski definition) is 2. The molecule has 0 spiro atoms. The molecule has 4 unspecified atom stereocenters. The molecule has 1 amide bonds. The highest BCUT2D eigenvalue weighted by molar-refractivity contribution is 5.83. The van der Waals surface area contributed by atoms with Gasteiger partial charge in [-0.15, -0.1) is 0 Å². The van der Waals surface area contributed by atoms with Crippen molar-refractivity contribution in [3.05, 3.63) is 35.4 Å². The first-order chi connectivity index (χ1) is 10.2. The summed E-state index contributed by atoms with van der Waals surface area (Å²) in [6.07, 6.45) is 4.23. The van der Waals surface area contributed by atoms with Crippen molar-refractivity contribution >= 4 is 5.91 Å². The Labute approximate surface area is 124 Å². The predicted octanol–water partition coefficient (Wildman–Crippen LogP) is 2.05. The summed E-state index contributed by atoms with van der Waals surface area (Å²) in [6, 6.07) is 7.87. The van der Waals surface area contributed by atoms with Gasteiger partial charge in [0, 0.05) is 12.3 Å². The van der Waals surface area contributed by atoms with Gasteiger partial charge in [-0.1, -0.05) is 24.3 Å². The summed E-state index contributed by atoms with van der Waals surface area (Å²) >= 11 is 0. The van der Waals surface area contributed by atoms with Crippen molar-refractivity contribution < 1.29 is 9.90 Å². The molecule has 0 aliphatic heterocycles. The van der Waals surface area contributed by atoms with E-state index >= 15 is 0 Å². The minimum atomic E-state index is -0.471. The van der Waals surface area contributed by atoms with Gasteiger partial charge in [-0.2, -0.15) is 0 Å². The SMILES string of the molecule is O=C(N[C@@H]1c2ccccc2C[C@@H]1O)C1C2C3CCC(C3)C12. The molecule has 2 bridgehead atoms. The Morgan fingerprint density at radius 3 is 2.62 bits per heavy atom. The fourth-order valence-electron chi connectivity index (χ4n) is 5.67. The lowest BCUT2D eigenvalue weighted by Crippen LogP contribution is -2.36. The topological polar surface area (TPSA) is 49.3 Å². The van der Waals surface area contributed by atoms with Crippen LogP contribution >= 0.6 is 0 Å². The number of carbonyl (C=O) groups is 1. The van der Waals surface area contributed by atoms with Gasteiger partial charge in [0.25, 0.3) is 0 Å². The van der Waals surface area contributed by atoms with Crippen LogP contribution < -0.4 is 5.32 Å². The fourth-order valence-corrected chi connectivity index (χ4v) is 5.67. The van der Waals surface area contributed by atoms with E-state index in [1.165, 1.54) is 24.8 Å². The third-order valence-corrected chi connectivity index (χ3v) is 6.54. The van der Waals surface area contributed by atoms with Gasteiger partial charge in [0.2, 0.25) is 5.91 Å². The largest absolute Gasteiger partial charge is 0.390 e. The molecule has 0 aromatic heterocycles. The van der Waals surface area contributed by atoms with Gasteiger partial charge >= 0.3 is 0 Å². The number of amides is 1. The van der Waals surface area contributed by atoms with Crippen LogP contribution in [-0.2, 0) is 11.2 Å². The standard InChI is InChI=1S/C18H21NO2/c20-13-8-9-3-1-2-4-12(9)17(13)19-18(21)16-14-10-5-6-11(7-10)15(14)16/h1-4,10-11,13-17,20H,5-8H2,(H,19,21)/t10?,11?,13-,14?,15?,16?,17+/m0/s1. The molecule has 110 valence electrons. The second-order valence-corrected chi connectivity index (χ2v) is 7.47. The van der Waals surface area contributed by atoms with E-state index in [9.17, 15) is 9.90 Å². The first kappa shape index (κ1) is 12.2. The Morgan fingerprint density at radius 1 is 1.14 bits per heavy atom. The molecule has 5 rings (SSSR count). The van der Waals surface area contributed by atoms with Gasteiger partial charge in [0.1, 0.15) is 0 Å². The van der Waals surface area contributed by atoms with E-state index in [1.54, 1.807) is 0 Å². The maximum absolute atomic E-state index is 12.6. The van der Waals surface area contributed by atoms with Crippen LogP contribution in [0.25, 0.3) is 0 Å². The molecule has 3 fully saturated rings. The van der Waals surface area contributed by atoms with Gasteiger partial charge in [0.15, 0.2) is 0 Å². The molecular formula is C18H21NO2. The Balaban J connectivity index is 1.34. The van der Waals surface area contributed by atoms with Crippen LogP contribution in [0.5, 0.6) is 0 Å².